The highest BCUT2D eigenvalue weighted by Gasteiger charge is 2.18. The molecular weight excluding hydrogens is 266 g/mol. The Morgan fingerprint density at radius 3 is 2.90 bits per heavy atom. The summed E-state index contributed by atoms with van der Waals surface area (Å²) in [4.78, 5) is 8.70. The molecular formula is C16H29N3S. The van der Waals surface area contributed by atoms with E-state index in [0.717, 1.165) is 19.0 Å². The van der Waals surface area contributed by atoms with Crippen LogP contribution in [0.4, 0.5) is 5.13 Å². The predicted molar refractivity (Wildman–Crippen MR) is 88.6 cm³/mol. The number of anilines is 1. The molecule has 0 radical (unpaired) electrons. The van der Waals surface area contributed by atoms with Gasteiger partial charge in [0.15, 0.2) is 5.13 Å². The fourth-order valence-electron chi connectivity index (χ4n) is 2.64. The summed E-state index contributed by atoms with van der Waals surface area (Å²) in [6, 6.07) is 0. The zero-order chi connectivity index (χ0) is 14.5. The molecule has 3 nitrogen and oxygen atoms in total. The van der Waals surface area contributed by atoms with Crippen molar-refractivity contribution in [2.45, 2.75) is 53.5 Å². The molecule has 2 rings (SSSR count). The van der Waals surface area contributed by atoms with E-state index in [-0.39, 0.29) is 0 Å². The number of nitrogens with one attached hydrogen (secondary N) is 1. The van der Waals surface area contributed by atoms with E-state index in [1.54, 1.807) is 0 Å². The quantitative estimate of drug-likeness (QED) is 0.895. The van der Waals surface area contributed by atoms with Crippen molar-refractivity contribution in [1.82, 2.24) is 10.3 Å². The Morgan fingerprint density at radius 2 is 2.15 bits per heavy atom. The van der Waals surface area contributed by atoms with E-state index in [1.165, 1.54) is 48.1 Å². The number of thiazole rings is 1. The molecule has 0 amide bonds. The molecule has 0 aromatic carbocycles. The van der Waals surface area contributed by atoms with Crippen LogP contribution in [0.15, 0.2) is 0 Å². The highest BCUT2D eigenvalue weighted by Crippen LogP contribution is 2.29. The number of nitrogens with zero attached hydrogens (tertiary/aromatic N) is 2. The van der Waals surface area contributed by atoms with Gasteiger partial charge in [0.1, 0.15) is 0 Å². The van der Waals surface area contributed by atoms with Gasteiger partial charge >= 0.3 is 0 Å². The molecule has 114 valence electrons. The lowest BCUT2D eigenvalue weighted by atomic mass is 10.0. The summed E-state index contributed by atoms with van der Waals surface area (Å²) in [5, 5.41) is 4.76. The van der Waals surface area contributed by atoms with Gasteiger partial charge in [-0.1, -0.05) is 20.8 Å². The average molecular weight is 295 g/mol. The Labute approximate surface area is 127 Å². The van der Waals surface area contributed by atoms with Crippen LogP contribution in [0.5, 0.6) is 0 Å². The summed E-state index contributed by atoms with van der Waals surface area (Å²) in [6.07, 6.45) is 3.98. The van der Waals surface area contributed by atoms with Crippen LogP contribution in [0.1, 0.15) is 50.6 Å². The van der Waals surface area contributed by atoms with Crippen molar-refractivity contribution >= 4 is 16.5 Å². The lowest BCUT2D eigenvalue weighted by Gasteiger charge is -2.18. The third-order valence-electron chi connectivity index (χ3n) is 4.01. The predicted octanol–water partition coefficient (Wildman–Crippen LogP) is 3.82. The van der Waals surface area contributed by atoms with Gasteiger partial charge < -0.3 is 10.2 Å². The van der Waals surface area contributed by atoms with Crippen molar-refractivity contribution in [2.75, 3.05) is 24.5 Å². The molecule has 1 aliphatic heterocycles. The Bertz CT molecular complexity index is 414. The molecule has 0 saturated carbocycles. The first-order chi connectivity index (χ1) is 9.56. The van der Waals surface area contributed by atoms with Crippen LogP contribution < -0.4 is 10.2 Å². The summed E-state index contributed by atoms with van der Waals surface area (Å²) >= 11 is 1.88. The Kier molecular flexibility index (Phi) is 5.85. The van der Waals surface area contributed by atoms with Gasteiger partial charge in [0.25, 0.3) is 0 Å². The average Bonchev–Trinajstić information content (AvgIpc) is 2.61. The molecule has 0 spiro atoms. The van der Waals surface area contributed by atoms with Crippen molar-refractivity contribution in [3.63, 3.8) is 0 Å². The van der Waals surface area contributed by atoms with Crippen LogP contribution in [-0.4, -0.2) is 24.6 Å². The topological polar surface area (TPSA) is 28.2 Å². The van der Waals surface area contributed by atoms with Crippen LogP contribution in [0.25, 0.3) is 0 Å². The van der Waals surface area contributed by atoms with Gasteiger partial charge in [-0.3, -0.25) is 0 Å². The second-order valence-electron chi connectivity index (χ2n) is 6.55. The Morgan fingerprint density at radius 1 is 1.35 bits per heavy atom. The summed E-state index contributed by atoms with van der Waals surface area (Å²) in [5.41, 5.74) is 1.21. The largest absolute Gasteiger partial charge is 0.348 e. The first kappa shape index (κ1) is 15.8. The fourth-order valence-corrected chi connectivity index (χ4v) is 3.72. The highest BCUT2D eigenvalue weighted by atomic mass is 32.1. The van der Waals surface area contributed by atoms with Crippen molar-refractivity contribution < 1.29 is 0 Å². The molecule has 4 heteroatoms. The molecule has 0 aliphatic carbocycles. The fraction of sp³-hybridized carbons (Fsp3) is 0.812. The van der Waals surface area contributed by atoms with Gasteiger partial charge in [0.05, 0.1) is 5.69 Å². The van der Waals surface area contributed by atoms with Crippen LogP contribution in [0, 0.1) is 18.8 Å². The minimum atomic E-state index is 0.704. The Hall–Kier alpha value is -0.610. The smallest absolute Gasteiger partial charge is 0.185 e. The number of hydrogen-bond acceptors (Lipinski definition) is 4. The zero-order valence-corrected chi connectivity index (χ0v) is 14.2. The van der Waals surface area contributed by atoms with Crippen LogP contribution in [0.2, 0.25) is 0 Å². The van der Waals surface area contributed by atoms with Crippen LogP contribution >= 0.6 is 11.3 Å². The lowest BCUT2D eigenvalue weighted by molar-refractivity contribution is 0.521. The van der Waals surface area contributed by atoms with Crippen molar-refractivity contribution in [3.05, 3.63) is 10.6 Å². The van der Waals surface area contributed by atoms with Crippen molar-refractivity contribution in [2.24, 2.45) is 11.8 Å². The van der Waals surface area contributed by atoms with E-state index >= 15 is 0 Å². The number of aryl methyl sites for hydroxylation is 1. The normalized spacial score (nSPS) is 20.4. The molecule has 1 aromatic rings. The Balaban J connectivity index is 1.95. The summed E-state index contributed by atoms with van der Waals surface area (Å²) in [6.45, 7) is 13.4. The molecule has 1 aromatic heterocycles. The molecule has 2 heterocycles. The number of rotatable bonds is 5. The van der Waals surface area contributed by atoms with E-state index in [0.29, 0.717) is 5.92 Å². The molecule has 1 N–H and O–H groups in total. The van der Waals surface area contributed by atoms with E-state index in [1.807, 2.05) is 11.3 Å². The second-order valence-corrected chi connectivity index (χ2v) is 7.61. The molecule has 1 aliphatic rings. The second kappa shape index (κ2) is 7.41. The van der Waals surface area contributed by atoms with E-state index in [9.17, 15) is 0 Å². The first-order valence-electron chi connectivity index (χ1n) is 7.98. The third-order valence-corrected chi connectivity index (χ3v) is 5.23. The maximum Gasteiger partial charge on any atom is 0.185 e. The van der Waals surface area contributed by atoms with Gasteiger partial charge in [0, 0.05) is 24.5 Å². The summed E-state index contributed by atoms with van der Waals surface area (Å²) in [5.74, 6) is 1.57. The third kappa shape index (κ3) is 4.45. The van der Waals surface area contributed by atoms with Gasteiger partial charge in [0.2, 0.25) is 0 Å². The standard InChI is InChI=1S/C16H29N3S/c1-12(2)10-17-11-15-14(4)18-16(20-15)19-8-5-6-13(3)7-9-19/h12-13,17H,5-11H2,1-4H3. The van der Waals surface area contributed by atoms with Crippen LogP contribution in [-0.2, 0) is 6.54 Å². The van der Waals surface area contributed by atoms with Crippen molar-refractivity contribution in [1.29, 1.82) is 0 Å². The lowest BCUT2D eigenvalue weighted by Crippen LogP contribution is -2.23. The molecule has 1 fully saturated rings. The van der Waals surface area contributed by atoms with Gasteiger partial charge in [-0.05, 0) is 44.6 Å². The molecule has 0 bridgehead atoms. The van der Waals surface area contributed by atoms with Gasteiger partial charge in [-0.25, -0.2) is 4.98 Å². The van der Waals surface area contributed by atoms with Crippen LogP contribution in [0.3, 0.4) is 0 Å². The molecule has 1 atom stereocenters. The molecule has 20 heavy (non-hydrogen) atoms. The monoisotopic (exact) mass is 295 g/mol. The SMILES string of the molecule is Cc1nc(N2CCCC(C)CC2)sc1CNCC(C)C. The van der Waals surface area contributed by atoms with Gasteiger partial charge in [-0.2, -0.15) is 0 Å². The minimum Gasteiger partial charge on any atom is -0.348 e. The first-order valence-corrected chi connectivity index (χ1v) is 8.80. The van der Waals surface area contributed by atoms with Crippen molar-refractivity contribution in [3.8, 4) is 0 Å². The maximum atomic E-state index is 4.80. The number of hydrogen-bond donors (Lipinski definition) is 1. The summed E-state index contributed by atoms with van der Waals surface area (Å²) in [7, 11) is 0. The van der Waals surface area contributed by atoms with E-state index in [2.05, 4.69) is 37.9 Å². The summed E-state index contributed by atoms with van der Waals surface area (Å²) < 4.78 is 0. The maximum absolute atomic E-state index is 4.80. The molecule has 1 unspecified atom stereocenters. The van der Waals surface area contributed by atoms with E-state index in [4.69, 9.17) is 4.98 Å². The highest BCUT2D eigenvalue weighted by molar-refractivity contribution is 7.15. The van der Waals surface area contributed by atoms with Gasteiger partial charge in [-0.15, -0.1) is 11.3 Å². The minimum absolute atomic E-state index is 0.704. The van der Waals surface area contributed by atoms with E-state index < -0.39 is 0 Å². The molecule has 1 saturated heterocycles. The zero-order valence-electron chi connectivity index (χ0n) is 13.4. The number of aromatic nitrogens is 1.